The number of carbonyl (C=O) groups is 4. The van der Waals surface area contributed by atoms with Crippen molar-refractivity contribution < 1.29 is 19.2 Å². The predicted octanol–water partition coefficient (Wildman–Crippen LogP) is 0.718. The summed E-state index contributed by atoms with van der Waals surface area (Å²) in [5, 5.41) is 11.1. The molecule has 2 aliphatic rings. The van der Waals surface area contributed by atoms with Crippen LogP contribution in [0.15, 0.2) is 30.3 Å². The minimum atomic E-state index is -0.899. The number of hydrogen-bond donors (Lipinski definition) is 4. The molecule has 0 bridgehead atoms. The fourth-order valence-corrected chi connectivity index (χ4v) is 3.67. The number of nitrogens with zero attached hydrogens (tertiary/aromatic N) is 2. The molecule has 1 aromatic carbocycles. The Balaban J connectivity index is 1.71. The molecule has 168 valence electrons. The van der Waals surface area contributed by atoms with E-state index in [-0.39, 0.29) is 43.6 Å². The molecule has 31 heavy (non-hydrogen) atoms. The van der Waals surface area contributed by atoms with Gasteiger partial charge in [-0.3, -0.25) is 9.59 Å². The van der Waals surface area contributed by atoms with Crippen LogP contribution in [0, 0.1) is 0 Å². The largest absolute Gasteiger partial charge is 0.354 e. The van der Waals surface area contributed by atoms with Crippen LogP contribution in [-0.2, 0) is 9.59 Å². The first kappa shape index (κ1) is 22.4. The van der Waals surface area contributed by atoms with Gasteiger partial charge < -0.3 is 31.1 Å². The van der Waals surface area contributed by atoms with Gasteiger partial charge in [-0.1, -0.05) is 18.2 Å². The third-order valence-corrected chi connectivity index (χ3v) is 5.27. The average Bonchev–Trinajstić information content (AvgIpc) is 2.75. The molecule has 0 aromatic heterocycles. The van der Waals surface area contributed by atoms with E-state index in [4.69, 9.17) is 0 Å². The van der Waals surface area contributed by atoms with E-state index in [0.717, 1.165) is 6.42 Å². The van der Waals surface area contributed by atoms with Crippen molar-refractivity contribution in [1.82, 2.24) is 25.8 Å². The van der Waals surface area contributed by atoms with Crippen LogP contribution in [0.2, 0.25) is 0 Å². The Kier molecular flexibility index (Phi) is 7.32. The summed E-state index contributed by atoms with van der Waals surface area (Å²) < 4.78 is 0. The summed E-state index contributed by atoms with van der Waals surface area (Å²) in [6.07, 6.45) is 1.31. The summed E-state index contributed by atoms with van der Waals surface area (Å²) in [5.74, 6) is -0.676. The molecule has 4 N–H and O–H groups in total. The van der Waals surface area contributed by atoms with Crippen molar-refractivity contribution in [2.75, 3.05) is 31.5 Å². The average molecular weight is 431 g/mol. The third kappa shape index (κ3) is 5.87. The van der Waals surface area contributed by atoms with Gasteiger partial charge in [-0.15, -0.1) is 0 Å². The number of piperidine rings is 1. The molecule has 1 aromatic rings. The van der Waals surface area contributed by atoms with Gasteiger partial charge in [0.2, 0.25) is 11.8 Å². The monoisotopic (exact) mass is 430 g/mol. The number of hydrogen-bond acceptors (Lipinski definition) is 4. The SMILES string of the molecule is CC(C)NC(=O)N1CCN(C(=O)Nc2ccccc2)C[C@H]1C(=O)N[C@H]1CCCNC1=O. The summed E-state index contributed by atoms with van der Waals surface area (Å²) in [7, 11) is 0. The van der Waals surface area contributed by atoms with Gasteiger partial charge in [0.05, 0.1) is 6.54 Å². The lowest BCUT2D eigenvalue weighted by Gasteiger charge is -2.41. The molecule has 6 amide bonds. The van der Waals surface area contributed by atoms with Crippen molar-refractivity contribution in [3.8, 4) is 0 Å². The first-order valence-corrected chi connectivity index (χ1v) is 10.6. The number of urea groups is 2. The van der Waals surface area contributed by atoms with Gasteiger partial charge >= 0.3 is 12.1 Å². The van der Waals surface area contributed by atoms with Gasteiger partial charge in [0.25, 0.3) is 0 Å². The molecule has 0 unspecified atom stereocenters. The quantitative estimate of drug-likeness (QED) is 0.562. The molecule has 2 aliphatic heterocycles. The van der Waals surface area contributed by atoms with Crippen LogP contribution in [0.3, 0.4) is 0 Å². The molecule has 10 nitrogen and oxygen atoms in total. The number of nitrogens with one attached hydrogen (secondary N) is 4. The van der Waals surface area contributed by atoms with Crippen molar-refractivity contribution in [3.05, 3.63) is 30.3 Å². The second kappa shape index (κ2) is 10.1. The first-order chi connectivity index (χ1) is 14.8. The van der Waals surface area contributed by atoms with E-state index in [9.17, 15) is 19.2 Å². The maximum Gasteiger partial charge on any atom is 0.321 e. The fourth-order valence-electron chi connectivity index (χ4n) is 3.67. The third-order valence-electron chi connectivity index (χ3n) is 5.27. The second-order valence-corrected chi connectivity index (χ2v) is 8.05. The maximum absolute atomic E-state index is 13.1. The number of rotatable bonds is 4. The first-order valence-electron chi connectivity index (χ1n) is 10.6. The number of amides is 6. The van der Waals surface area contributed by atoms with Crippen molar-refractivity contribution in [3.63, 3.8) is 0 Å². The summed E-state index contributed by atoms with van der Waals surface area (Å²) in [5.41, 5.74) is 0.646. The molecule has 3 rings (SSSR count). The number of anilines is 1. The Morgan fingerprint density at radius 2 is 1.84 bits per heavy atom. The summed E-state index contributed by atoms with van der Waals surface area (Å²) in [6, 6.07) is 6.68. The van der Waals surface area contributed by atoms with E-state index < -0.39 is 18.0 Å². The summed E-state index contributed by atoms with van der Waals surface area (Å²) in [6.45, 7) is 4.79. The van der Waals surface area contributed by atoms with E-state index in [2.05, 4.69) is 21.3 Å². The Hall–Kier alpha value is -3.30. The topological polar surface area (TPSA) is 123 Å². The van der Waals surface area contributed by atoms with Crippen LogP contribution < -0.4 is 21.3 Å². The molecular formula is C21H30N6O4. The zero-order valence-corrected chi connectivity index (χ0v) is 17.9. The highest BCUT2D eigenvalue weighted by Crippen LogP contribution is 2.15. The van der Waals surface area contributed by atoms with Crippen LogP contribution in [-0.4, -0.2) is 78.0 Å². The Morgan fingerprint density at radius 1 is 1.10 bits per heavy atom. The minimum absolute atomic E-state index is 0.0321. The van der Waals surface area contributed by atoms with Gasteiger partial charge in [-0.2, -0.15) is 0 Å². The second-order valence-electron chi connectivity index (χ2n) is 8.05. The van der Waals surface area contributed by atoms with Crippen molar-refractivity contribution in [2.45, 2.75) is 44.8 Å². The molecular weight excluding hydrogens is 400 g/mol. The zero-order valence-electron chi connectivity index (χ0n) is 17.9. The smallest absolute Gasteiger partial charge is 0.321 e. The number of piperazine rings is 1. The molecule has 0 radical (unpaired) electrons. The van der Waals surface area contributed by atoms with Crippen molar-refractivity contribution in [1.29, 1.82) is 0 Å². The van der Waals surface area contributed by atoms with E-state index in [0.29, 0.717) is 18.7 Å². The Bertz CT molecular complexity index is 815. The lowest BCUT2D eigenvalue weighted by Crippen LogP contribution is -2.65. The normalized spacial score (nSPS) is 21.3. The minimum Gasteiger partial charge on any atom is -0.354 e. The van der Waals surface area contributed by atoms with Crippen LogP contribution >= 0.6 is 0 Å². The summed E-state index contributed by atoms with van der Waals surface area (Å²) in [4.78, 5) is 53.5. The summed E-state index contributed by atoms with van der Waals surface area (Å²) >= 11 is 0. The highest BCUT2D eigenvalue weighted by molar-refractivity contribution is 5.94. The molecule has 2 atom stereocenters. The standard InChI is InChI=1S/C21H30N6O4/c1-14(2)23-21(31)27-12-11-26(20(30)24-15-7-4-3-5-8-15)13-17(27)19(29)25-16-9-6-10-22-18(16)28/h3-5,7-8,14,16-17H,6,9-13H2,1-2H3,(H,22,28)(H,23,31)(H,24,30)(H,25,29)/t16-,17-/m0/s1. The molecule has 2 saturated heterocycles. The predicted molar refractivity (Wildman–Crippen MR) is 115 cm³/mol. The molecule has 0 saturated carbocycles. The molecule has 10 heteroatoms. The molecule has 0 spiro atoms. The van der Waals surface area contributed by atoms with E-state index in [1.807, 2.05) is 32.0 Å². The van der Waals surface area contributed by atoms with Gasteiger partial charge in [0.1, 0.15) is 12.1 Å². The van der Waals surface area contributed by atoms with Crippen LogP contribution in [0.4, 0.5) is 15.3 Å². The van der Waals surface area contributed by atoms with Crippen LogP contribution in [0.5, 0.6) is 0 Å². The Morgan fingerprint density at radius 3 is 2.52 bits per heavy atom. The highest BCUT2D eigenvalue weighted by atomic mass is 16.2. The van der Waals surface area contributed by atoms with Crippen LogP contribution in [0.25, 0.3) is 0 Å². The number of para-hydroxylation sites is 1. The van der Waals surface area contributed by atoms with Gasteiger partial charge in [0.15, 0.2) is 0 Å². The van der Waals surface area contributed by atoms with E-state index in [1.165, 1.54) is 9.80 Å². The van der Waals surface area contributed by atoms with E-state index in [1.54, 1.807) is 12.1 Å². The Labute approximate surface area is 181 Å². The lowest BCUT2D eigenvalue weighted by atomic mass is 10.1. The molecule has 2 fully saturated rings. The molecule has 2 heterocycles. The van der Waals surface area contributed by atoms with Crippen LogP contribution in [0.1, 0.15) is 26.7 Å². The van der Waals surface area contributed by atoms with E-state index >= 15 is 0 Å². The molecule has 0 aliphatic carbocycles. The fraction of sp³-hybridized carbons (Fsp3) is 0.524. The number of benzene rings is 1. The zero-order chi connectivity index (χ0) is 22.4. The lowest BCUT2D eigenvalue weighted by molar-refractivity contribution is -0.133. The van der Waals surface area contributed by atoms with Crippen molar-refractivity contribution >= 4 is 29.6 Å². The van der Waals surface area contributed by atoms with Gasteiger partial charge in [-0.25, -0.2) is 9.59 Å². The number of carbonyl (C=O) groups excluding carboxylic acids is 4. The maximum atomic E-state index is 13.1. The van der Waals surface area contributed by atoms with Gasteiger partial charge in [-0.05, 0) is 38.8 Å². The highest BCUT2D eigenvalue weighted by Gasteiger charge is 2.38. The van der Waals surface area contributed by atoms with Gasteiger partial charge in [0, 0.05) is 31.4 Å². The van der Waals surface area contributed by atoms with Crippen molar-refractivity contribution in [2.24, 2.45) is 0 Å².